The molecule has 2 fully saturated rings. The lowest BCUT2D eigenvalue weighted by Gasteiger charge is -2.42. The highest BCUT2D eigenvalue weighted by Gasteiger charge is 2.29. The number of nitrogens with two attached hydrogens (primary N) is 1. The van der Waals surface area contributed by atoms with Crippen molar-refractivity contribution in [3.8, 4) is 0 Å². The van der Waals surface area contributed by atoms with Crippen LogP contribution in [-0.2, 0) is 0 Å². The van der Waals surface area contributed by atoms with Gasteiger partial charge in [-0.15, -0.1) is 0 Å². The lowest BCUT2D eigenvalue weighted by Crippen LogP contribution is -2.55. The first kappa shape index (κ1) is 14.8. The van der Waals surface area contributed by atoms with Crippen LogP contribution < -0.4 is 10.6 Å². The highest BCUT2D eigenvalue weighted by atomic mass is 19.1. The smallest absolute Gasteiger partial charge is 0.146 e. The molecular formula is C17H26FN3. The zero-order valence-electron chi connectivity index (χ0n) is 12.7. The summed E-state index contributed by atoms with van der Waals surface area (Å²) in [6, 6.07) is 7.92. The zero-order chi connectivity index (χ0) is 14.7. The van der Waals surface area contributed by atoms with E-state index in [-0.39, 0.29) is 5.82 Å². The summed E-state index contributed by atoms with van der Waals surface area (Å²) in [7, 11) is 0. The van der Waals surface area contributed by atoms with Crippen molar-refractivity contribution in [1.29, 1.82) is 0 Å². The van der Waals surface area contributed by atoms with Gasteiger partial charge in [0, 0.05) is 38.3 Å². The summed E-state index contributed by atoms with van der Waals surface area (Å²) in [6.45, 7) is 3.77. The molecule has 1 saturated carbocycles. The molecule has 1 aliphatic carbocycles. The van der Waals surface area contributed by atoms with Crippen molar-refractivity contribution >= 4 is 5.69 Å². The number of hydrogen-bond acceptors (Lipinski definition) is 3. The Balaban J connectivity index is 1.61. The number of para-hydroxylation sites is 1. The Morgan fingerprint density at radius 1 is 0.952 bits per heavy atom. The first-order chi connectivity index (χ1) is 10.3. The van der Waals surface area contributed by atoms with Crippen LogP contribution in [0.4, 0.5) is 10.1 Å². The Morgan fingerprint density at radius 3 is 2.43 bits per heavy atom. The van der Waals surface area contributed by atoms with Gasteiger partial charge in [0.2, 0.25) is 0 Å². The Labute approximate surface area is 126 Å². The predicted octanol–water partition coefficient (Wildman–Crippen LogP) is 2.61. The second-order valence-electron chi connectivity index (χ2n) is 6.34. The van der Waals surface area contributed by atoms with Crippen LogP contribution in [0.15, 0.2) is 24.3 Å². The molecule has 0 bridgehead atoms. The lowest BCUT2D eigenvalue weighted by atomic mass is 10.0. The maximum Gasteiger partial charge on any atom is 0.146 e. The summed E-state index contributed by atoms with van der Waals surface area (Å²) >= 11 is 0. The van der Waals surface area contributed by atoms with Crippen molar-refractivity contribution in [2.24, 2.45) is 5.73 Å². The van der Waals surface area contributed by atoms with Gasteiger partial charge >= 0.3 is 0 Å². The van der Waals surface area contributed by atoms with Gasteiger partial charge in [-0.2, -0.15) is 0 Å². The molecule has 1 heterocycles. The normalized spacial score (nSPS) is 28.4. The molecule has 3 rings (SSSR count). The van der Waals surface area contributed by atoms with E-state index in [1.54, 1.807) is 12.1 Å². The standard InChI is InChI=1S/C17H26FN3/c18-14-6-4-5-8-16(14)20-10-12-21(13-11-20)17-9-3-1-2-7-15(17)19/h4-6,8,15,17H,1-3,7,9-13,19H2. The molecule has 2 unspecified atom stereocenters. The van der Waals surface area contributed by atoms with E-state index in [0.29, 0.717) is 12.1 Å². The molecule has 1 aromatic carbocycles. The summed E-state index contributed by atoms with van der Waals surface area (Å²) in [5, 5.41) is 0. The first-order valence-electron chi connectivity index (χ1n) is 8.25. The van der Waals surface area contributed by atoms with Crippen LogP contribution in [0, 0.1) is 5.82 Å². The van der Waals surface area contributed by atoms with Gasteiger partial charge in [-0.3, -0.25) is 4.90 Å². The molecule has 4 heteroatoms. The molecule has 116 valence electrons. The number of rotatable bonds is 2. The second kappa shape index (κ2) is 6.75. The molecule has 3 nitrogen and oxygen atoms in total. The third kappa shape index (κ3) is 3.38. The molecule has 0 spiro atoms. The van der Waals surface area contributed by atoms with Gasteiger partial charge in [-0.1, -0.05) is 31.4 Å². The molecule has 21 heavy (non-hydrogen) atoms. The second-order valence-corrected chi connectivity index (χ2v) is 6.34. The van der Waals surface area contributed by atoms with E-state index in [2.05, 4.69) is 9.80 Å². The molecular weight excluding hydrogens is 265 g/mol. The summed E-state index contributed by atoms with van der Waals surface area (Å²) < 4.78 is 13.9. The van der Waals surface area contributed by atoms with Crippen molar-refractivity contribution in [2.75, 3.05) is 31.1 Å². The molecule has 1 aromatic rings. The fourth-order valence-corrected chi connectivity index (χ4v) is 3.77. The number of hydrogen-bond donors (Lipinski definition) is 1. The van der Waals surface area contributed by atoms with Gasteiger partial charge in [0.05, 0.1) is 5.69 Å². The predicted molar refractivity (Wildman–Crippen MR) is 85.0 cm³/mol. The van der Waals surface area contributed by atoms with Crippen LogP contribution in [0.5, 0.6) is 0 Å². The average Bonchev–Trinajstić information content (AvgIpc) is 2.73. The van der Waals surface area contributed by atoms with Crippen LogP contribution in [-0.4, -0.2) is 43.2 Å². The third-order valence-corrected chi connectivity index (χ3v) is 5.01. The van der Waals surface area contributed by atoms with Crippen molar-refractivity contribution < 1.29 is 4.39 Å². The summed E-state index contributed by atoms with van der Waals surface area (Å²) in [5.41, 5.74) is 7.10. The summed E-state index contributed by atoms with van der Waals surface area (Å²) in [4.78, 5) is 4.70. The lowest BCUT2D eigenvalue weighted by molar-refractivity contribution is 0.153. The molecule has 0 radical (unpaired) electrons. The van der Waals surface area contributed by atoms with Gasteiger partial charge in [0.25, 0.3) is 0 Å². The first-order valence-corrected chi connectivity index (χ1v) is 8.25. The summed E-state index contributed by atoms with van der Waals surface area (Å²) in [6.07, 6.45) is 6.26. The fraction of sp³-hybridized carbons (Fsp3) is 0.647. The van der Waals surface area contributed by atoms with Crippen molar-refractivity contribution in [1.82, 2.24) is 4.90 Å². The van der Waals surface area contributed by atoms with E-state index in [4.69, 9.17) is 5.73 Å². The van der Waals surface area contributed by atoms with E-state index >= 15 is 0 Å². The zero-order valence-corrected chi connectivity index (χ0v) is 12.7. The van der Waals surface area contributed by atoms with Crippen LogP contribution in [0.25, 0.3) is 0 Å². The number of nitrogens with zero attached hydrogens (tertiary/aromatic N) is 2. The third-order valence-electron chi connectivity index (χ3n) is 5.01. The molecule has 0 amide bonds. The molecule has 0 aromatic heterocycles. The van der Waals surface area contributed by atoms with Crippen LogP contribution >= 0.6 is 0 Å². The van der Waals surface area contributed by atoms with Gasteiger partial charge in [0.15, 0.2) is 0 Å². The minimum Gasteiger partial charge on any atom is -0.367 e. The SMILES string of the molecule is NC1CCCCCC1N1CCN(c2ccccc2F)CC1. The highest BCUT2D eigenvalue weighted by molar-refractivity contribution is 5.48. The van der Waals surface area contributed by atoms with Crippen LogP contribution in [0.1, 0.15) is 32.1 Å². The van der Waals surface area contributed by atoms with E-state index in [1.165, 1.54) is 25.7 Å². The van der Waals surface area contributed by atoms with Gasteiger partial charge in [0.1, 0.15) is 5.82 Å². The van der Waals surface area contributed by atoms with E-state index in [0.717, 1.165) is 38.3 Å². The van der Waals surface area contributed by atoms with E-state index in [1.807, 2.05) is 12.1 Å². The molecule has 1 saturated heterocycles. The highest BCUT2D eigenvalue weighted by Crippen LogP contribution is 2.25. The maximum absolute atomic E-state index is 13.9. The topological polar surface area (TPSA) is 32.5 Å². The van der Waals surface area contributed by atoms with E-state index in [9.17, 15) is 4.39 Å². The maximum atomic E-state index is 13.9. The Bertz CT molecular complexity index is 457. The van der Waals surface area contributed by atoms with E-state index < -0.39 is 0 Å². The minimum atomic E-state index is -0.114. The Hall–Kier alpha value is -1.13. The molecule has 2 atom stereocenters. The largest absolute Gasteiger partial charge is 0.367 e. The fourth-order valence-electron chi connectivity index (χ4n) is 3.77. The van der Waals surface area contributed by atoms with Crippen molar-refractivity contribution in [3.63, 3.8) is 0 Å². The van der Waals surface area contributed by atoms with Gasteiger partial charge in [-0.05, 0) is 25.0 Å². The van der Waals surface area contributed by atoms with Crippen LogP contribution in [0.3, 0.4) is 0 Å². The number of piperazine rings is 1. The van der Waals surface area contributed by atoms with Gasteiger partial charge < -0.3 is 10.6 Å². The van der Waals surface area contributed by atoms with Gasteiger partial charge in [-0.25, -0.2) is 4.39 Å². The van der Waals surface area contributed by atoms with Crippen molar-refractivity contribution in [3.05, 3.63) is 30.1 Å². The number of benzene rings is 1. The van der Waals surface area contributed by atoms with Crippen LogP contribution in [0.2, 0.25) is 0 Å². The molecule has 1 aliphatic heterocycles. The quantitative estimate of drug-likeness (QED) is 0.850. The monoisotopic (exact) mass is 291 g/mol. The minimum absolute atomic E-state index is 0.114. The number of anilines is 1. The Kier molecular flexibility index (Phi) is 4.76. The average molecular weight is 291 g/mol. The van der Waals surface area contributed by atoms with Crippen molar-refractivity contribution in [2.45, 2.75) is 44.2 Å². The Morgan fingerprint density at radius 2 is 1.67 bits per heavy atom. The molecule has 2 N–H and O–H groups in total. The number of halogens is 1. The summed E-state index contributed by atoms with van der Waals surface area (Å²) in [5.74, 6) is -0.114. The molecule has 2 aliphatic rings.